The van der Waals surface area contributed by atoms with Gasteiger partial charge in [-0.15, -0.1) is 0 Å². The van der Waals surface area contributed by atoms with Crippen LogP contribution in [0.2, 0.25) is 0 Å². The van der Waals surface area contributed by atoms with Crippen LogP contribution in [-0.2, 0) is 23.9 Å². The van der Waals surface area contributed by atoms with E-state index < -0.39 is 23.2 Å². The van der Waals surface area contributed by atoms with Crippen LogP contribution in [-0.4, -0.2) is 78.4 Å². The number of imide groups is 1. The number of carbonyl (C=O) groups is 4. The largest absolute Gasteiger partial charge is 0.483 e. The minimum atomic E-state index is -1.00. The molecule has 1 atom stereocenters. The van der Waals surface area contributed by atoms with Gasteiger partial charge in [-0.25, -0.2) is 4.79 Å². The lowest BCUT2D eigenvalue weighted by Crippen LogP contribution is -2.43. The van der Waals surface area contributed by atoms with Gasteiger partial charge in [0, 0.05) is 13.1 Å². The molecule has 2 heterocycles. The third kappa shape index (κ3) is 5.70. The van der Waals surface area contributed by atoms with Gasteiger partial charge in [0.05, 0.1) is 29.2 Å². The number of morpholine rings is 1. The van der Waals surface area contributed by atoms with Crippen LogP contribution in [0.1, 0.15) is 19.4 Å². The van der Waals surface area contributed by atoms with E-state index in [1.165, 1.54) is 6.92 Å². The fourth-order valence-electron chi connectivity index (χ4n) is 3.10. The zero-order valence-corrected chi connectivity index (χ0v) is 20.1. The van der Waals surface area contributed by atoms with Crippen LogP contribution in [0.4, 0.5) is 4.79 Å². The van der Waals surface area contributed by atoms with Gasteiger partial charge in [0.2, 0.25) is 0 Å². The molecule has 2 aliphatic heterocycles. The van der Waals surface area contributed by atoms with E-state index >= 15 is 0 Å². The van der Waals surface area contributed by atoms with Crippen LogP contribution < -0.4 is 4.74 Å². The molecule has 2 fully saturated rings. The number of esters is 1. The number of thioether (sulfide) groups is 1. The molecule has 0 aliphatic carbocycles. The van der Waals surface area contributed by atoms with Crippen molar-refractivity contribution < 1.29 is 33.4 Å². The van der Waals surface area contributed by atoms with Crippen LogP contribution >= 0.6 is 27.7 Å². The molecule has 0 radical (unpaired) electrons. The van der Waals surface area contributed by atoms with Crippen molar-refractivity contribution in [1.29, 1.82) is 0 Å². The number of halogens is 1. The summed E-state index contributed by atoms with van der Waals surface area (Å²) in [5, 5.41) is -0.526. The van der Waals surface area contributed by atoms with Crippen LogP contribution in [0, 0.1) is 0 Å². The number of rotatable bonds is 7. The summed E-state index contributed by atoms with van der Waals surface area (Å²) in [5.41, 5.74) is 0.651. The average molecular weight is 527 g/mol. The Labute approximate surface area is 198 Å². The average Bonchev–Trinajstić information content (AvgIpc) is 3.05. The third-order valence-electron chi connectivity index (χ3n) is 4.81. The Hall–Kier alpha value is -2.37. The summed E-state index contributed by atoms with van der Waals surface area (Å²) in [6, 6.07) is 4.10. The molecule has 172 valence electrons. The molecule has 3 rings (SSSR count). The quantitative estimate of drug-likeness (QED) is 0.394. The number of benzene rings is 1. The van der Waals surface area contributed by atoms with Gasteiger partial charge in [0.1, 0.15) is 11.8 Å². The molecule has 0 aromatic heterocycles. The minimum absolute atomic E-state index is 0.0947. The monoisotopic (exact) mass is 526 g/mol. The first-order chi connectivity index (χ1) is 15.3. The molecule has 3 amide bonds. The summed E-state index contributed by atoms with van der Waals surface area (Å²) in [5.74, 6) is -0.818. The van der Waals surface area contributed by atoms with E-state index in [4.69, 9.17) is 14.2 Å². The van der Waals surface area contributed by atoms with Gasteiger partial charge in [-0.1, -0.05) is 6.07 Å². The Bertz CT molecular complexity index is 946. The lowest BCUT2D eigenvalue weighted by atomic mass is 10.2. The molecule has 32 heavy (non-hydrogen) atoms. The third-order valence-corrected chi connectivity index (χ3v) is 6.31. The van der Waals surface area contributed by atoms with E-state index in [2.05, 4.69) is 15.9 Å². The normalized spacial score (nSPS) is 18.8. The van der Waals surface area contributed by atoms with Gasteiger partial charge in [-0.05, 0) is 65.3 Å². The van der Waals surface area contributed by atoms with Gasteiger partial charge >= 0.3 is 5.97 Å². The van der Waals surface area contributed by atoms with Crippen molar-refractivity contribution in [3.05, 3.63) is 33.1 Å². The second kappa shape index (κ2) is 11.0. The number of carbonyl (C=O) groups excluding carboxylic acids is 4. The van der Waals surface area contributed by atoms with Gasteiger partial charge < -0.3 is 19.1 Å². The minimum Gasteiger partial charge on any atom is -0.483 e. The van der Waals surface area contributed by atoms with E-state index in [-0.39, 0.29) is 24.0 Å². The smallest absolute Gasteiger partial charge is 0.329 e. The zero-order valence-electron chi connectivity index (χ0n) is 17.7. The summed E-state index contributed by atoms with van der Waals surface area (Å²) >= 11 is 4.18. The van der Waals surface area contributed by atoms with E-state index in [1.54, 1.807) is 36.1 Å². The van der Waals surface area contributed by atoms with Crippen LogP contribution in [0.15, 0.2) is 27.6 Å². The molecule has 0 unspecified atom stereocenters. The number of amides is 3. The SMILES string of the molecule is CCOC(=O)[C@@H](C)N1C(=O)S/C(=C/c2ccc(OCC(=O)N3CCOCC3)c(Br)c2)C1=O. The molecule has 0 saturated carbocycles. The lowest BCUT2D eigenvalue weighted by molar-refractivity contribution is -0.150. The number of hydrogen-bond acceptors (Lipinski definition) is 8. The Morgan fingerprint density at radius 1 is 1.28 bits per heavy atom. The molecule has 0 spiro atoms. The highest BCUT2D eigenvalue weighted by atomic mass is 79.9. The highest BCUT2D eigenvalue weighted by Gasteiger charge is 2.41. The summed E-state index contributed by atoms with van der Waals surface area (Å²) in [7, 11) is 0. The second-order valence-electron chi connectivity index (χ2n) is 6.95. The summed E-state index contributed by atoms with van der Waals surface area (Å²) in [4.78, 5) is 51.9. The summed E-state index contributed by atoms with van der Waals surface area (Å²) in [6.45, 7) is 5.32. The molecule has 9 nitrogen and oxygen atoms in total. The number of ether oxygens (including phenoxy) is 3. The maximum absolute atomic E-state index is 12.7. The van der Waals surface area contributed by atoms with E-state index in [0.717, 1.165) is 16.7 Å². The van der Waals surface area contributed by atoms with Crippen molar-refractivity contribution in [2.24, 2.45) is 0 Å². The topological polar surface area (TPSA) is 102 Å². The van der Waals surface area contributed by atoms with E-state index in [1.807, 2.05) is 0 Å². The Morgan fingerprint density at radius 2 is 2.00 bits per heavy atom. The molecule has 0 N–H and O–H groups in total. The van der Waals surface area contributed by atoms with Crippen molar-refractivity contribution in [3.8, 4) is 5.75 Å². The molecule has 0 bridgehead atoms. The predicted molar refractivity (Wildman–Crippen MR) is 121 cm³/mol. The van der Waals surface area contributed by atoms with Gasteiger partial charge in [-0.2, -0.15) is 0 Å². The van der Waals surface area contributed by atoms with Crippen LogP contribution in [0.5, 0.6) is 5.75 Å². The maximum atomic E-state index is 12.7. The Kier molecular flexibility index (Phi) is 8.32. The predicted octanol–water partition coefficient (Wildman–Crippen LogP) is 2.67. The van der Waals surface area contributed by atoms with Crippen molar-refractivity contribution >= 4 is 56.8 Å². The fraction of sp³-hybridized carbons (Fsp3) is 0.429. The first-order valence-corrected chi connectivity index (χ1v) is 11.6. The van der Waals surface area contributed by atoms with Gasteiger partial charge in [-0.3, -0.25) is 19.3 Å². The van der Waals surface area contributed by atoms with E-state index in [9.17, 15) is 19.2 Å². The molecule has 11 heteroatoms. The van der Waals surface area contributed by atoms with Crippen molar-refractivity contribution in [2.75, 3.05) is 39.5 Å². The number of hydrogen-bond donors (Lipinski definition) is 0. The fourth-order valence-corrected chi connectivity index (χ4v) is 4.52. The zero-order chi connectivity index (χ0) is 23.3. The first-order valence-electron chi connectivity index (χ1n) is 10.0. The summed E-state index contributed by atoms with van der Waals surface area (Å²) in [6.07, 6.45) is 1.57. The van der Waals surface area contributed by atoms with Crippen molar-refractivity contribution in [2.45, 2.75) is 19.9 Å². The van der Waals surface area contributed by atoms with Crippen LogP contribution in [0.25, 0.3) is 6.08 Å². The van der Waals surface area contributed by atoms with Crippen LogP contribution in [0.3, 0.4) is 0 Å². The summed E-state index contributed by atoms with van der Waals surface area (Å²) < 4.78 is 16.4. The maximum Gasteiger partial charge on any atom is 0.329 e. The molecule has 1 aromatic rings. The highest BCUT2D eigenvalue weighted by molar-refractivity contribution is 9.10. The number of nitrogens with zero attached hydrogens (tertiary/aromatic N) is 2. The Morgan fingerprint density at radius 3 is 2.66 bits per heavy atom. The van der Waals surface area contributed by atoms with Crippen molar-refractivity contribution in [1.82, 2.24) is 9.80 Å². The molecular weight excluding hydrogens is 504 g/mol. The molecule has 2 aliphatic rings. The first kappa shape index (κ1) is 24.3. The standard InChI is InChI=1S/C21H23BrN2O7S/c1-3-30-20(27)13(2)24-19(26)17(32-21(24)28)11-14-4-5-16(15(22)10-14)31-12-18(25)23-6-8-29-9-7-23/h4-5,10-11,13H,3,6-9,12H2,1-2H3/b17-11+/t13-/m1/s1. The van der Waals surface area contributed by atoms with Gasteiger partial charge in [0.15, 0.2) is 6.61 Å². The second-order valence-corrected chi connectivity index (χ2v) is 8.80. The highest BCUT2D eigenvalue weighted by Crippen LogP contribution is 2.35. The van der Waals surface area contributed by atoms with E-state index in [0.29, 0.717) is 42.1 Å². The lowest BCUT2D eigenvalue weighted by Gasteiger charge is -2.26. The van der Waals surface area contributed by atoms with Gasteiger partial charge in [0.25, 0.3) is 17.1 Å². The molecule has 1 aromatic carbocycles. The molecular formula is C21H23BrN2O7S. The Balaban J connectivity index is 1.65. The van der Waals surface area contributed by atoms with Crippen molar-refractivity contribution in [3.63, 3.8) is 0 Å². The molecule has 2 saturated heterocycles.